The van der Waals surface area contributed by atoms with Gasteiger partial charge in [-0.3, -0.25) is 5.43 Å². The molecule has 0 aliphatic heterocycles. The van der Waals surface area contributed by atoms with Crippen LogP contribution in [0.4, 0.5) is 0 Å². The second-order valence-corrected chi connectivity index (χ2v) is 3.83. The number of nitrogens with two attached hydrogens (primary N) is 2. The van der Waals surface area contributed by atoms with E-state index in [1.165, 1.54) is 0 Å². The van der Waals surface area contributed by atoms with E-state index in [0.717, 1.165) is 11.1 Å². The zero-order chi connectivity index (χ0) is 14.5. The van der Waals surface area contributed by atoms with Crippen molar-refractivity contribution in [2.24, 2.45) is 11.6 Å². The van der Waals surface area contributed by atoms with Crippen LogP contribution >= 0.6 is 0 Å². The van der Waals surface area contributed by atoms with Gasteiger partial charge in [0.25, 0.3) is 0 Å². The summed E-state index contributed by atoms with van der Waals surface area (Å²) in [5, 5.41) is 8.76. The number of aliphatic carboxylic acids is 1. The van der Waals surface area contributed by atoms with E-state index in [9.17, 15) is 4.79 Å². The van der Waals surface area contributed by atoms with Crippen LogP contribution in [0.3, 0.4) is 0 Å². The molecule has 7 heteroatoms. The Bertz CT molecular complexity index is 618. The number of nitrogens with one attached hydrogen (secondary N) is 1. The van der Waals surface area contributed by atoms with Crippen LogP contribution in [0.15, 0.2) is 58.9 Å². The van der Waals surface area contributed by atoms with Crippen LogP contribution in [0.2, 0.25) is 0 Å². The number of rotatable bonds is 5. The van der Waals surface area contributed by atoms with Crippen LogP contribution in [0.1, 0.15) is 0 Å². The maximum atomic E-state index is 10.7. The molecule has 104 valence electrons. The van der Waals surface area contributed by atoms with Gasteiger partial charge in [0.15, 0.2) is 5.70 Å². The van der Waals surface area contributed by atoms with Crippen molar-refractivity contribution in [2.45, 2.75) is 0 Å². The van der Waals surface area contributed by atoms with Crippen molar-refractivity contribution in [3.63, 3.8) is 0 Å². The Balaban J connectivity index is 2.19. The lowest BCUT2D eigenvalue weighted by molar-refractivity contribution is -0.132. The number of hydrazine groups is 1. The first-order valence-electron chi connectivity index (χ1n) is 5.62. The van der Waals surface area contributed by atoms with E-state index >= 15 is 0 Å². The zero-order valence-corrected chi connectivity index (χ0v) is 10.4. The van der Waals surface area contributed by atoms with Crippen molar-refractivity contribution < 1.29 is 19.1 Å². The Morgan fingerprint density at radius 1 is 1.20 bits per heavy atom. The fourth-order valence-electron chi connectivity index (χ4n) is 1.52. The Morgan fingerprint density at radius 2 is 1.90 bits per heavy atom. The summed E-state index contributed by atoms with van der Waals surface area (Å²) in [6, 6.07) is 8.74. The number of carboxylic acids is 1. The molecule has 1 aromatic heterocycles. The standard InChI is InChI=1S/C13H13N3O4/c14-11(13(17)18)12(16-15)20-10-3-1-8(2-4-10)9-5-6-19-7-9/h1-7,16H,14-15H2,(H,17,18)/b12-11+. The summed E-state index contributed by atoms with van der Waals surface area (Å²) in [6.45, 7) is 0. The Morgan fingerprint density at radius 3 is 2.40 bits per heavy atom. The summed E-state index contributed by atoms with van der Waals surface area (Å²) in [5.41, 5.74) is 8.79. The topological polar surface area (TPSA) is 124 Å². The lowest BCUT2D eigenvalue weighted by Crippen LogP contribution is -2.31. The number of carbonyl (C=O) groups is 1. The number of ether oxygens (including phenoxy) is 1. The summed E-state index contributed by atoms with van der Waals surface area (Å²) < 4.78 is 10.3. The van der Waals surface area contributed by atoms with E-state index < -0.39 is 11.7 Å². The van der Waals surface area contributed by atoms with Gasteiger partial charge in [-0.05, 0) is 23.8 Å². The van der Waals surface area contributed by atoms with Crippen LogP contribution in [0.25, 0.3) is 11.1 Å². The summed E-state index contributed by atoms with van der Waals surface area (Å²) >= 11 is 0. The largest absolute Gasteiger partial charge is 0.476 e. The lowest BCUT2D eigenvalue weighted by Gasteiger charge is -2.10. The molecule has 0 saturated heterocycles. The fourth-order valence-corrected chi connectivity index (χ4v) is 1.52. The molecule has 0 amide bonds. The summed E-state index contributed by atoms with van der Waals surface area (Å²) in [4.78, 5) is 10.7. The van der Waals surface area contributed by atoms with Gasteiger partial charge in [-0.15, -0.1) is 0 Å². The van der Waals surface area contributed by atoms with Crippen LogP contribution in [-0.4, -0.2) is 11.1 Å². The molecule has 0 spiro atoms. The van der Waals surface area contributed by atoms with Crippen LogP contribution in [-0.2, 0) is 4.79 Å². The van der Waals surface area contributed by atoms with Crippen LogP contribution < -0.4 is 21.7 Å². The molecule has 0 unspecified atom stereocenters. The number of carboxylic acid groups (broad SMARTS) is 1. The van der Waals surface area contributed by atoms with Crippen LogP contribution in [0, 0.1) is 0 Å². The molecule has 0 saturated carbocycles. The first-order valence-corrected chi connectivity index (χ1v) is 5.62. The van der Waals surface area contributed by atoms with E-state index in [4.69, 9.17) is 25.8 Å². The molecule has 0 aliphatic rings. The second kappa shape index (κ2) is 5.81. The lowest BCUT2D eigenvalue weighted by atomic mass is 10.1. The molecule has 0 atom stereocenters. The van der Waals surface area contributed by atoms with E-state index in [1.54, 1.807) is 36.8 Å². The summed E-state index contributed by atoms with van der Waals surface area (Å²) in [7, 11) is 0. The maximum Gasteiger partial charge on any atom is 0.357 e. The number of hydrogen-bond acceptors (Lipinski definition) is 6. The molecule has 7 nitrogen and oxygen atoms in total. The minimum absolute atomic E-state index is 0.228. The molecule has 20 heavy (non-hydrogen) atoms. The molecule has 1 heterocycles. The molecular weight excluding hydrogens is 262 g/mol. The molecule has 2 rings (SSSR count). The first kappa shape index (κ1) is 13.5. The normalized spacial score (nSPS) is 11.7. The summed E-state index contributed by atoms with van der Waals surface area (Å²) in [6.07, 6.45) is 3.19. The molecule has 1 aromatic carbocycles. The molecule has 0 radical (unpaired) electrons. The van der Waals surface area contributed by atoms with Crippen molar-refractivity contribution in [1.82, 2.24) is 5.43 Å². The molecule has 0 bridgehead atoms. The van der Waals surface area contributed by atoms with Crippen molar-refractivity contribution in [2.75, 3.05) is 0 Å². The molecular formula is C13H13N3O4. The third-order valence-electron chi connectivity index (χ3n) is 2.53. The Kier molecular flexibility index (Phi) is 3.92. The predicted octanol–water partition coefficient (Wildman–Crippen LogP) is 1.00. The Hall–Kier alpha value is -2.93. The maximum absolute atomic E-state index is 10.7. The SMILES string of the molecule is NN/C(Oc1ccc(-c2ccoc2)cc1)=C(\N)C(=O)O. The van der Waals surface area contributed by atoms with Gasteiger partial charge in [0, 0.05) is 5.56 Å². The Labute approximate surface area is 114 Å². The molecule has 2 aromatic rings. The van der Waals surface area contributed by atoms with E-state index in [0.29, 0.717) is 5.75 Å². The highest BCUT2D eigenvalue weighted by Crippen LogP contribution is 2.23. The van der Waals surface area contributed by atoms with E-state index in [2.05, 4.69) is 5.43 Å². The highest BCUT2D eigenvalue weighted by molar-refractivity contribution is 5.85. The van der Waals surface area contributed by atoms with Gasteiger partial charge < -0.3 is 20.0 Å². The second-order valence-electron chi connectivity index (χ2n) is 3.83. The highest BCUT2D eigenvalue weighted by Gasteiger charge is 2.12. The monoisotopic (exact) mass is 275 g/mol. The number of hydrogen-bond donors (Lipinski definition) is 4. The minimum atomic E-state index is -1.33. The summed E-state index contributed by atoms with van der Waals surface area (Å²) in [5.74, 6) is 4.02. The highest BCUT2D eigenvalue weighted by atomic mass is 16.5. The average Bonchev–Trinajstić information content (AvgIpc) is 2.98. The fraction of sp³-hybridized carbons (Fsp3) is 0. The quantitative estimate of drug-likeness (QED) is 0.278. The van der Waals surface area contributed by atoms with Crippen molar-refractivity contribution in [3.05, 3.63) is 54.4 Å². The van der Waals surface area contributed by atoms with Crippen molar-refractivity contribution >= 4 is 5.97 Å². The third kappa shape index (κ3) is 2.90. The molecule has 6 N–H and O–H groups in total. The first-order chi connectivity index (χ1) is 9.61. The van der Waals surface area contributed by atoms with Crippen molar-refractivity contribution in [3.8, 4) is 16.9 Å². The van der Waals surface area contributed by atoms with Gasteiger partial charge in [0.1, 0.15) is 5.75 Å². The van der Waals surface area contributed by atoms with Gasteiger partial charge in [-0.2, -0.15) is 0 Å². The number of furan rings is 1. The van der Waals surface area contributed by atoms with Gasteiger partial charge in [0.05, 0.1) is 12.5 Å². The van der Waals surface area contributed by atoms with Gasteiger partial charge in [-0.1, -0.05) is 12.1 Å². The van der Waals surface area contributed by atoms with E-state index in [1.807, 2.05) is 6.07 Å². The number of benzene rings is 1. The average molecular weight is 275 g/mol. The smallest absolute Gasteiger partial charge is 0.357 e. The van der Waals surface area contributed by atoms with Crippen molar-refractivity contribution in [1.29, 1.82) is 0 Å². The van der Waals surface area contributed by atoms with Gasteiger partial charge >= 0.3 is 5.97 Å². The third-order valence-corrected chi connectivity index (χ3v) is 2.53. The predicted molar refractivity (Wildman–Crippen MR) is 70.9 cm³/mol. The van der Waals surface area contributed by atoms with E-state index in [-0.39, 0.29) is 5.88 Å². The zero-order valence-electron chi connectivity index (χ0n) is 10.4. The molecule has 0 aliphatic carbocycles. The van der Waals surface area contributed by atoms with Gasteiger partial charge in [-0.25, -0.2) is 10.6 Å². The molecule has 0 fully saturated rings. The van der Waals surface area contributed by atoms with Gasteiger partial charge in [0.2, 0.25) is 5.88 Å². The minimum Gasteiger partial charge on any atom is -0.476 e. The van der Waals surface area contributed by atoms with Crippen LogP contribution in [0.5, 0.6) is 5.75 Å².